The van der Waals surface area contributed by atoms with Crippen LogP contribution in [0.15, 0.2) is 58.3 Å². The van der Waals surface area contributed by atoms with Crippen LogP contribution in [0.3, 0.4) is 0 Å². The number of carbonyl (C=O) groups is 2. The lowest BCUT2D eigenvalue weighted by Crippen LogP contribution is -2.28. The number of benzene rings is 1. The molecular weight excluding hydrogens is 372 g/mol. The summed E-state index contributed by atoms with van der Waals surface area (Å²) < 4.78 is 10.3. The molecule has 0 aliphatic heterocycles. The average molecular weight is 386 g/mol. The van der Waals surface area contributed by atoms with Crippen LogP contribution in [0.4, 0.5) is 5.69 Å². The Bertz CT molecular complexity index is 947. The largest absolute Gasteiger partial charge is 0.450 e. The normalized spacial score (nSPS) is 10.4. The summed E-state index contributed by atoms with van der Waals surface area (Å²) >= 11 is 1.51. The van der Waals surface area contributed by atoms with Crippen molar-refractivity contribution in [3.63, 3.8) is 0 Å². The zero-order valence-electron chi connectivity index (χ0n) is 13.9. The van der Waals surface area contributed by atoms with Crippen molar-refractivity contribution in [2.24, 2.45) is 0 Å². The maximum Gasteiger partial charge on any atom is 0.374 e. The number of rotatable bonds is 7. The van der Waals surface area contributed by atoms with Crippen molar-refractivity contribution in [3.05, 3.63) is 74.7 Å². The van der Waals surface area contributed by atoms with Crippen molar-refractivity contribution in [1.82, 2.24) is 5.32 Å². The Balaban J connectivity index is 1.53. The molecule has 1 amide bonds. The third-order valence-corrected chi connectivity index (χ3v) is 4.42. The van der Waals surface area contributed by atoms with E-state index in [4.69, 9.17) is 9.15 Å². The molecule has 0 fully saturated rings. The second kappa shape index (κ2) is 8.28. The van der Waals surface area contributed by atoms with Gasteiger partial charge in [-0.15, -0.1) is 11.3 Å². The Labute approximate surface area is 157 Å². The van der Waals surface area contributed by atoms with Gasteiger partial charge in [-0.3, -0.25) is 14.9 Å². The third kappa shape index (κ3) is 4.79. The topological polar surface area (TPSA) is 112 Å². The highest BCUT2D eigenvalue weighted by Crippen LogP contribution is 2.24. The van der Waals surface area contributed by atoms with Gasteiger partial charge >= 0.3 is 5.97 Å². The molecule has 0 atom stereocenters. The quantitative estimate of drug-likeness (QED) is 0.378. The summed E-state index contributed by atoms with van der Waals surface area (Å²) in [6.07, 6.45) is 0. The summed E-state index contributed by atoms with van der Waals surface area (Å²) in [7, 11) is 0. The fourth-order valence-corrected chi connectivity index (χ4v) is 2.85. The number of thiophene rings is 1. The van der Waals surface area contributed by atoms with Crippen LogP contribution < -0.4 is 5.32 Å². The summed E-state index contributed by atoms with van der Waals surface area (Å²) in [5.74, 6) is -0.887. The molecule has 0 bridgehead atoms. The molecule has 1 N–H and O–H groups in total. The molecule has 27 heavy (non-hydrogen) atoms. The number of nitrogens with one attached hydrogen (secondary N) is 1. The number of amides is 1. The molecule has 0 spiro atoms. The first-order valence-corrected chi connectivity index (χ1v) is 8.72. The van der Waals surface area contributed by atoms with E-state index in [-0.39, 0.29) is 11.4 Å². The van der Waals surface area contributed by atoms with Gasteiger partial charge in [0.05, 0.1) is 11.5 Å². The Hall–Kier alpha value is -3.46. The van der Waals surface area contributed by atoms with Crippen LogP contribution in [0.2, 0.25) is 0 Å². The van der Waals surface area contributed by atoms with Crippen molar-refractivity contribution < 1.29 is 23.7 Å². The molecule has 2 heterocycles. The Kier molecular flexibility index (Phi) is 5.62. The Morgan fingerprint density at radius 1 is 1.15 bits per heavy atom. The van der Waals surface area contributed by atoms with Gasteiger partial charge in [0.15, 0.2) is 6.61 Å². The second-order valence-electron chi connectivity index (χ2n) is 5.40. The molecule has 0 radical (unpaired) electrons. The molecule has 8 nitrogen and oxygen atoms in total. The molecule has 0 saturated carbocycles. The van der Waals surface area contributed by atoms with E-state index in [1.807, 2.05) is 17.5 Å². The lowest BCUT2D eigenvalue weighted by Gasteiger charge is -2.04. The molecule has 0 aliphatic rings. The van der Waals surface area contributed by atoms with Gasteiger partial charge in [-0.1, -0.05) is 6.07 Å². The van der Waals surface area contributed by atoms with E-state index >= 15 is 0 Å². The van der Waals surface area contributed by atoms with E-state index in [1.165, 1.54) is 41.7 Å². The van der Waals surface area contributed by atoms with Gasteiger partial charge in [0.1, 0.15) is 5.76 Å². The van der Waals surface area contributed by atoms with Crippen molar-refractivity contribution in [2.75, 3.05) is 6.61 Å². The van der Waals surface area contributed by atoms with Crippen LogP contribution in [0.25, 0.3) is 11.3 Å². The van der Waals surface area contributed by atoms with E-state index in [9.17, 15) is 19.7 Å². The van der Waals surface area contributed by atoms with E-state index in [1.54, 1.807) is 6.07 Å². The van der Waals surface area contributed by atoms with Crippen LogP contribution in [0, 0.1) is 10.1 Å². The maximum atomic E-state index is 12.0. The second-order valence-corrected chi connectivity index (χ2v) is 6.43. The van der Waals surface area contributed by atoms with E-state index < -0.39 is 23.4 Å². The van der Waals surface area contributed by atoms with Gasteiger partial charge in [-0.2, -0.15) is 0 Å². The van der Waals surface area contributed by atoms with E-state index in [2.05, 4.69) is 5.32 Å². The molecule has 0 saturated heterocycles. The smallest absolute Gasteiger partial charge is 0.374 e. The van der Waals surface area contributed by atoms with Gasteiger partial charge in [0, 0.05) is 22.6 Å². The Morgan fingerprint density at radius 3 is 2.59 bits per heavy atom. The van der Waals surface area contributed by atoms with Crippen LogP contribution >= 0.6 is 11.3 Å². The van der Waals surface area contributed by atoms with Crippen LogP contribution in [-0.4, -0.2) is 23.4 Å². The molecule has 0 unspecified atom stereocenters. The fraction of sp³-hybridized carbons (Fsp3) is 0.111. The molecule has 3 aromatic rings. The number of hydrogen-bond acceptors (Lipinski definition) is 7. The minimum atomic E-state index is -0.769. The van der Waals surface area contributed by atoms with Gasteiger partial charge in [-0.05, 0) is 35.7 Å². The van der Waals surface area contributed by atoms with Gasteiger partial charge in [-0.25, -0.2) is 4.79 Å². The highest BCUT2D eigenvalue weighted by molar-refractivity contribution is 7.09. The highest BCUT2D eigenvalue weighted by atomic mass is 32.1. The number of esters is 1. The summed E-state index contributed by atoms with van der Waals surface area (Å²) in [6, 6.07) is 12.5. The van der Waals surface area contributed by atoms with Crippen LogP contribution in [-0.2, 0) is 16.1 Å². The molecule has 1 aromatic carbocycles. The number of ether oxygens (including phenoxy) is 1. The molecule has 2 aromatic heterocycles. The number of nitro groups is 1. The van der Waals surface area contributed by atoms with E-state index in [0.717, 1.165) is 4.88 Å². The van der Waals surface area contributed by atoms with Crippen LogP contribution in [0.1, 0.15) is 15.4 Å². The third-order valence-electron chi connectivity index (χ3n) is 3.54. The number of non-ortho nitro benzene ring substituents is 1. The highest BCUT2D eigenvalue weighted by Gasteiger charge is 2.16. The minimum Gasteiger partial charge on any atom is -0.450 e. The number of nitrogens with zero attached hydrogens (tertiary/aromatic N) is 1. The summed E-state index contributed by atoms with van der Waals surface area (Å²) in [5.41, 5.74) is 0.534. The number of carbonyl (C=O) groups excluding carboxylic acids is 2. The van der Waals surface area contributed by atoms with Crippen molar-refractivity contribution in [1.29, 1.82) is 0 Å². The molecule has 3 rings (SSSR count). The average Bonchev–Trinajstić information content (AvgIpc) is 3.36. The summed E-state index contributed by atoms with van der Waals surface area (Å²) in [4.78, 5) is 34.9. The lowest BCUT2D eigenvalue weighted by molar-refractivity contribution is -0.384. The standard InChI is InChI=1S/C18H14N2O6S/c21-17(19-10-14-2-1-9-27-14)11-25-18(22)16-8-7-15(26-16)12-3-5-13(6-4-12)20(23)24/h1-9H,10-11H2,(H,19,21). The SMILES string of the molecule is O=C(COC(=O)c1ccc(-c2ccc([N+](=O)[O-])cc2)o1)NCc1cccs1. The van der Waals surface area contributed by atoms with E-state index in [0.29, 0.717) is 17.9 Å². The zero-order chi connectivity index (χ0) is 19.2. The zero-order valence-corrected chi connectivity index (χ0v) is 14.7. The summed E-state index contributed by atoms with van der Waals surface area (Å²) in [6.45, 7) is -0.0448. The lowest BCUT2D eigenvalue weighted by atomic mass is 10.1. The monoisotopic (exact) mass is 386 g/mol. The predicted molar refractivity (Wildman–Crippen MR) is 97.2 cm³/mol. The number of furan rings is 1. The first-order valence-electron chi connectivity index (χ1n) is 7.84. The van der Waals surface area contributed by atoms with Gasteiger partial charge < -0.3 is 14.5 Å². The molecular formula is C18H14N2O6S. The number of hydrogen-bond donors (Lipinski definition) is 1. The molecule has 138 valence electrons. The molecule has 9 heteroatoms. The maximum absolute atomic E-state index is 12.0. The van der Waals surface area contributed by atoms with Crippen molar-refractivity contribution in [3.8, 4) is 11.3 Å². The van der Waals surface area contributed by atoms with Gasteiger partial charge in [0.2, 0.25) is 5.76 Å². The minimum absolute atomic E-state index is 0.0431. The van der Waals surface area contributed by atoms with Crippen molar-refractivity contribution >= 4 is 28.9 Å². The Morgan fingerprint density at radius 2 is 1.93 bits per heavy atom. The fourth-order valence-electron chi connectivity index (χ4n) is 2.20. The number of nitro benzene ring substituents is 1. The van der Waals surface area contributed by atoms with Gasteiger partial charge in [0.25, 0.3) is 11.6 Å². The molecule has 0 aliphatic carbocycles. The first kappa shape index (κ1) is 18.3. The first-order chi connectivity index (χ1) is 13.0. The predicted octanol–water partition coefficient (Wildman–Crippen LogP) is 3.39. The summed E-state index contributed by atoms with van der Waals surface area (Å²) in [5, 5.41) is 15.2. The van der Waals surface area contributed by atoms with Crippen molar-refractivity contribution in [2.45, 2.75) is 6.54 Å². The van der Waals surface area contributed by atoms with Crippen LogP contribution in [0.5, 0.6) is 0 Å².